The number of anilines is 1. The van der Waals surface area contributed by atoms with Crippen LogP contribution in [0.5, 0.6) is 0 Å². The van der Waals surface area contributed by atoms with Gasteiger partial charge in [-0.15, -0.1) is 10.2 Å². The number of hydrogen-bond donors (Lipinski definition) is 2. The Morgan fingerprint density at radius 2 is 2.29 bits per heavy atom. The first-order valence-corrected chi connectivity index (χ1v) is 6.68. The smallest absolute Gasteiger partial charge is 0.313 e. The average Bonchev–Trinajstić information content (AvgIpc) is 3.03. The second-order valence-electron chi connectivity index (χ2n) is 4.26. The maximum atomic E-state index is 10.5. The average molecular weight is 256 g/mol. The van der Waals surface area contributed by atoms with Crippen LogP contribution in [0, 0.1) is 5.92 Å². The molecule has 1 aromatic rings. The fourth-order valence-electron chi connectivity index (χ4n) is 1.69. The summed E-state index contributed by atoms with van der Waals surface area (Å²) in [5.41, 5.74) is 5.71. The molecule has 0 bridgehead atoms. The summed E-state index contributed by atoms with van der Waals surface area (Å²) in [6.07, 6.45) is 4.95. The van der Waals surface area contributed by atoms with Crippen molar-refractivity contribution in [2.24, 2.45) is 5.92 Å². The van der Waals surface area contributed by atoms with E-state index in [2.05, 4.69) is 10.2 Å². The Bertz CT molecular complexity index is 403. The molecule has 0 atom stereocenters. The van der Waals surface area contributed by atoms with Gasteiger partial charge in [0.05, 0.1) is 5.75 Å². The van der Waals surface area contributed by atoms with E-state index >= 15 is 0 Å². The van der Waals surface area contributed by atoms with Crippen LogP contribution in [-0.2, 0) is 11.3 Å². The molecule has 0 amide bonds. The lowest BCUT2D eigenvalue weighted by atomic mass is 10.2. The molecule has 7 heteroatoms. The zero-order valence-corrected chi connectivity index (χ0v) is 10.3. The maximum absolute atomic E-state index is 10.5. The second-order valence-corrected chi connectivity index (χ2v) is 5.20. The van der Waals surface area contributed by atoms with Crippen LogP contribution in [0.1, 0.15) is 25.7 Å². The Balaban J connectivity index is 1.88. The van der Waals surface area contributed by atoms with Gasteiger partial charge in [0.2, 0.25) is 5.95 Å². The van der Waals surface area contributed by atoms with Crippen molar-refractivity contribution in [1.29, 1.82) is 0 Å². The molecule has 0 unspecified atom stereocenters. The molecule has 1 heterocycles. The van der Waals surface area contributed by atoms with Gasteiger partial charge in [-0.3, -0.25) is 9.36 Å². The molecule has 3 N–H and O–H groups in total. The summed E-state index contributed by atoms with van der Waals surface area (Å²) in [7, 11) is 0. The van der Waals surface area contributed by atoms with Crippen molar-refractivity contribution in [3.63, 3.8) is 0 Å². The summed E-state index contributed by atoms with van der Waals surface area (Å²) < 4.78 is 1.80. The predicted octanol–water partition coefficient (Wildman–Crippen LogP) is 1.23. The number of aliphatic carboxylic acids is 1. The van der Waals surface area contributed by atoms with Crippen LogP contribution in [0.15, 0.2) is 5.16 Å². The van der Waals surface area contributed by atoms with E-state index in [0.29, 0.717) is 11.1 Å². The van der Waals surface area contributed by atoms with Gasteiger partial charge in [-0.1, -0.05) is 24.6 Å². The summed E-state index contributed by atoms with van der Waals surface area (Å²) >= 11 is 1.16. The molecule has 94 valence electrons. The topological polar surface area (TPSA) is 94.0 Å². The minimum absolute atomic E-state index is 0.0131. The summed E-state index contributed by atoms with van der Waals surface area (Å²) in [6.45, 7) is 0.775. The van der Waals surface area contributed by atoms with Crippen molar-refractivity contribution in [3.05, 3.63) is 0 Å². The predicted molar refractivity (Wildman–Crippen MR) is 64.8 cm³/mol. The van der Waals surface area contributed by atoms with Crippen LogP contribution in [0.2, 0.25) is 0 Å². The van der Waals surface area contributed by atoms with Crippen LogP contribution < -0.4 is 5.73 Å². The molecule has 0 spiro atoms. The van der Waals surface area contributed by atoms with Crippen LogP contribution in [-0.4, -0.2) is 31.6 Å². The standard InChI is InChI=1S/C10H16N4O2S/c11-9-12-13-10(17-6-8(15)16)14(9)5-1-2-7-3-4-7/h7H,1-6H2,(H2,11,12)(H,15,16). The highest BCUT2D eigenvalue weighted by atomic mass is 32.2. The van der Waals surface area contributed by atoms with E-state index in [0.717, 1.165) is 30.6 Å². The van der Waals surface area contributed by atoms with Crippen molar-refractivity contribution in [2.45, 2.75) is 37.4 Å². The van der Waals surface area contributed by atoms with Crippen molar-refractivity contribution in [2.75, 3.05) is 11.5 Å². The second kappa shape index (κ2) is 5.39. The quantitative estimate of drug-likeness (QED) is 0.712. The molecule has 17 heavy (non-hydrogen) atoms. The third kappa shape index (κ3) is 3.62. The largest absolute Gasteiger partial charge is 0.481 e. The number of rotatable bonds is 7. The number of thioether (sulfide) groups is 1. The highest BCUT2D eigenvalue weighted by Gasteiger charge is 2.20. The Hall–Kier alpha value is -1.24. The maximum Gasteiger partial charge on any atom is 0.313 e. The van der Waals surface area contributed by atoms with Crippen molar-refractivity contribution in [1.82, 2.24) is 14.8 Å². The fraction of sp³-hybridized carbons (Fsp3) is 0.700. The third-order valence-corrected chi connectivity index (χ3v) is 3.71. The first kappa shape index (κ1) is 12.2. The normalized spacial score (nSPS) is 15.1. The van der Waals surface area contributed by atoms with Crippen LogP contribution >= 0.6 is 11.8 Å². The number of nitrogens with two attached hydrogens (primary N) is 1. The highest BCUT2D eigenvalue weighted by molar-refractivity contribution is 7.99. The van der Waals surface area contributed by atoms with Gasteiger partial charge in [0.25, 0.3) is 0 Å². The molecule has 1 aliphatic carbocycles. The molecule has 1 fully saturated rings. The van der Waals surface area contributed by atoms with Crippen LogP contribution in [0.3, 0.4) is 0 Å². The van der Waals surface area contributed by atoms with Crippen molar-refractivity contribution < 1.29 is 9.90 Å². The Kier molecular flexibility index (Phi) is 3.88. The van der Waals surface area contributed by atoms with E-state index in [1.165, 1.54) is 19.3 Å². The highest BCUT2D eigenvalue weighted by Crippen LogP contribution is 2.33. The van der Waals surface area contributed by atoms with Gasteiger partial charge in [-0.05, 0) is 18.8 Å². The van der Waals surface area contributed by atoms with Gasteiger partial charge in [-0.2, -0.15) is 0 Å². The molecule has 1 aliphatic rings. The SMILES string of the molecule is Nc1nnc(SCC(=O)O)n1CCCC1CC1. The van der Waals surface area contributed by atoms with Gasteiger partial charge < -0.3 is 10.8 Å². The molecule has 0 saturated heterocycles. The number of nitrogen functional groups attached to an aromatic ring is 1. The zero-order chi connectivity index (χ0) is 12.3. The van der Waals surface area contributed by atoms with Crippen LogP contribution in [0.4, 0.5) is 5.95 Å². The number of nitrogens with zero attached hydrogens (tertiary/aromatic N) is 3. The summed E-state index contributed by atoms with van der Waals surface area (Å²) in [4.78, 5) is 10.5. The van der Waals surface area contributed by atoms with Crippen LogP contribution in [0.25, 0.3) is 0 Å². The summed E-state index contributed by atoms with van der Waals surface area (Å²) in [6, 6.07) is 0. The monoisotopic (exact) mass is 256 g/mol. The molecular weight excluding hydrogens is 240 g/mol. The van der Waals surface area contributed by atoms with E-state index in [9.17, 15) is 4.79 Å². The van der Waals surface area contributed by atoms with E-state index in [1.807, 2.05) is 0 Å². The summed E-state index contributed by atoms with van der Waals surface area (Å²) in [5, 5.41) is 16.9. The molecule has 0 radical (unpaired) electrons. The number of carbonyl (C=O) groups is 1. The molecule has 2 rings (SSSR count). The van der Waals surface area contributed by atoms with E-state index < -0.39 is 5.97 Å². The van der Waals surface area contributed by atoms with E-state index in [1.54, 1.807) is 4.57 Å². The van der Waals surface area contributed by atoms with Crippen molar-refractivity contribution in [3.8, 4) is 0 Å². The third-order valence-electron chi connectivity index (χ3n) is 2.76. The summed E-state index contributed by atoms with van der Waals surface area (Å²) in [5.74, 6) is 0.387. The Morgan fingerprint density at radius 3 is 2.94 bits per heavy atom. The fourth-order valence-corrected chi connectivity index (χ4v) is 2.38. The molecule has 0 aliphatic heterocycles. The van der Waals surface area contributed by atoms with Gasteiger partial charge in [0, 0.05) is 6.54 Å². The van der Waals surface area contributed by atoms with Gasteiger partial charge in [0.1, 0.15) is 0 Å². The van der Waals surface area contributed by atoms with E-state index in [-0.39, 0.29) is 5.75 Å². The number of carboxylic acids is 1. The minimum Gasteiger partial charge on any atom is -0.481 e. The number of carboxylic acid groups (broad SMARTS) is 1. The molecular formula is C10H16N4O2S. The Labute approximate surface area is 104 Å². The van der Waals surface area contributed by atoms with Gasteiger partial charge in [-0.25, -0.2) is 0 Å². The Morgan fingerprint density at radius 1 is 1.53 bits per heavy atom. The van der Waals surface area contributed by atoms with E-state index in [4.69, 9.17) is 10.8 Å². The lowest BCUT2D eigenvalue weighted by Gasteiger charge is -2.06. The first-order valence-electron chi connectivity index (χ1n) is 5.70. The molecule has 1 saturated carbocycles. The van der Waals surface area contributed by atoms with Gasteiger partial charge in [0.15, 0.2) is 5.16 Å². The molecule has 0 aromatic carbocycles. The number of hydrogen-bond acceptors (Lipinski definition) is 5. The molecule has 1 aromatic heterocycles. The van der Waals surface area contributed by atoms with Gasteiger partial charge >= 0.3 is 5.97 Å². The van der Waals surface area contributed by atoms with Crippen molar-refractivity contribution >= 4 is 23.7 Å². The zero-order valence-electron chi connectivity index (χ0n) is 9.50. The minimum atomic E-state index is -0.860. The molecule has 6 nitrogen and oxygen atoms in total. The lowest BCUT2D eigenvalue weighted by Crippen LogP contribution is -2.07. The number of aromatic nitrogens is 3. The lowest BCUT2D eigenvalue weighted by molar-refractivity contribution is -0.133. The first-order chi connectivity index (χ1) is 8.16.